The first-order valence-electron chi connectivity index (χ1n) is 7.98. The number of sulfone groups is 1. The van der Waals surface area contributed by atoms with Crippen LogP contribution in [0.15, 0.2) is 41.3 Å². The van der Waals surface area contributed by atoms with Crippen LogP contribution in [-0.4, -0.2) is 27.2 Å². The Labute approximate surface area is 149 Å². The van der Waals surface area contributed by atoms with Crippen molar-refractivity contribution in [3.63, 3.8) is 0 Å². The fourth-order valence-corrected chi connectivity index (χ4v) is 3.49. The second-order valence-electron chi connectivity index (χ2n) is 6.11. The molecule has 1 aliphatic rings. The fourth-order valence-electron chi connectivity index (χ4n) is 2.84. The largest absolute Gasteiger partial charge is 0.493 e. The Bertz CT molecular complexity index is 960. The topological polar surface area (TPSA) is 72.5 Å². The summed E-state index contributed by atoms with van der Waals surface area (Å²) in [4.78, 5) is 12.4. The number of fused-ring (bicyclic) bond motifs is 1. The zero-order valence-corrected chi connectivity index (χ0v) is 14.8. The predicted octanol–water partition coefficient (Wildman–Crippen LogP) is 3.01. The van der Waals surface area contributed by atoms with Gasteiger partial charge in [0.1, 0.15) is 17.4 Å². The normalized spacial score (nSPS) is 17.0. The van der Waals surface area contributed by atoms with E-state index in [4.69, 9.17) is 4.74 Å². The van der Waals surface area contributed by atoms with Crippen LogP contribution in [0.2, 0.25) is 0 Å². The van der Waals surface area contributed by atoms with E-state index in [9.17, 15) is 22.0 Å². The molecule has 138 valence electrons. The number of carbonyl (C=O) groups excluding carboxylic acids is 1. The van der Waals surface area contributed by atoms with Crippen LogP contribution in [0.25, 0.3) is 0 Å². The van der Waals surface area contributed by atoms with Gasteiger partial charge in [-0.1, -0.05) is 0 Å². The number of hydrogen-bond donors (Lipinski definition) is 1. The summed E-state index contributed by atoms with van der Waals surface area (Å²) in [6.07, 6.45) is 2.08. The molecule has 3 rings (SSSR count). The third kappa shape index (κ3) is 3.85. The maximum absolute atomic E-state index is 14.1. The zero-order valence-electron chi connectivity index (χ0n) is 14.0. The molecule has 5 nitrogen and oxygen atoms in total. The number of amides is 1. The van der Waals surface area contributed by atoms with E-state index in [2.05, 4.69) is 5.32 Å². The fraction of sp³-hybridized carbons (Fsp3) is 0.278. The van der Waals surface area contributed by atoms with Crippen molar-refractivity contribution in [2.24, 2.45) is 0 Å². The van der Waals surface area contributed by atoms with Gasteiger partial charge in [0.05, 0.1) is 23.1 Å². The maximum Gasteiger partial charge on any atom is 0.254 e. The molecule has 0 saturated carbocycles. The maximum atomic E-state index is 14.1. The van der Waals surface area contributed by atoms with Crippen LogP contribution in [-0.2, 0) is 9.84 Å². The highest BCUT2D eigenvalue weighted by Crippen LogP contribution is 2.32. The van der Waals surface area contributed by atoms with Crippen molar-refractivity contribution in [2.75, 3.05) is 12.9 Å². The molecule has 0 radical (unpaired) electrons. The van der Waals surface area contributed by atoms with Gasteiger partial charge in [0.15, 0.2) is 9.84 Å². The Morgan fingerprint density at radius 1 is 1.19 bits per heavy atom. The van der Waals surface area contributed by atoms with Crippen molar-refractivity contribution >= 4 is 15.7 Å². The van der Waals surface area contributed by atoms with Gasteiger partial charge in [-0.3, -0.25) is 4.79 Å². The molecule has 0 fully saturated rings. The van der Waals surface area contributed by atoms with Crippen LogP contribution in [0, 0.1) is 11.6 Å². The second kappa shape index (κ2) is 7.03. The highest BCUT2D eigenvalue weighted by molar-refractivity contribution is 7.90. The molecule has 0 spiro atoms. The molecule has 1 heterocycles. The van der Waals surface area contributed by atoms with Crippen molar-refractivity contribution in [1.82, 2.24) is 5.32 Å². The molecule has 0 aliphatic carbocycles. The molecule has 1 atom stereocenters. The lowest BCUT2D eigenvalue weighted by Crippen LogP contribution is -2.29. The van der Waals surface area contributed by atoms with Gasteiger partial charge in [-0.25, -0.2) is 17.2 Å². The van der Waals surface area contributed by atoms with Crippen LogP contribution < -0.4 is 10.1 Å². The quantitative estimate of drug-likeness (QED) is 0.830. The number of carbonyl (C=O) groups is 1. The second-order valence-corrected chi connectivity index (χ2v) is 8.13. The summed E-state index contributed by atoms with van der Waals surface area (Å²) < 4.78 is 56.5. The van der Waals surface area contributed by atoms with Crippen LogP contribution in [0.5, 0.6) is 5.75 Å². The SMILES string of the molecule is CS(=O)(=O)c1ccc(F)c(C(=O)NC2CCCOc3ccc(F)cc32)c1. The average molecular weight is 381 g/mol. The number of halogens is 2. The Morgan fingerprint density at radius 2 is 1.96 bits per heavy atom. The van der Waals surface area contributed by atoms with Crippen molar-refractivity contribution in [3.8, 4) is 5.75 Å². The summed E-state index contributed by atoms with van der Waals surface area (Å²) in [5.41, 5.74) is 0.0894. The standard InChI is InChI=1S/C18H17F2NO4S/c1-26(23,24)12-5-6-15(20)13(10-12)18(22)21-16-3-2-8-25-17-7-4-11(19)9-14(16)17/h4-7,9-10,16H,2-3,8H2,1H3,(H,21,22). The van der Waals surface area contributed by atoms with E-state index in [0.29, 0.717) is 30.8 Å². The highest BCUT2D eigenvalue weighted by atomic mass is 32.2. The van der Waals surface area contributed by atoms with Gasteiger partial charge in [-0.15, -0.1) is 0 Å². The minimum atomic E-state index is -3.59. The van der Waals surface area contributed by atoms with Gasteiger partial charge in [0, 0.05) is 11.8 Å². The minimum absolute atomic E-state index is 0.153. The summed E-state index contributed by atoms with van der Waals surface area (Å²) in [5, 5.41) is 2.66. The highest BCUT2D eigenvalue weighted by Gasteiger charge is 2.24. The Balaban J connectivity index is 1.93. The summed E-state index contributed by atoms with van der Waals surface area (Å²) in [5.74, 6) is -1.62. The number of nitrogens with one attached hydrogen (secondary N) is 1. The lowest BCUT2D eigenvalue weighted by atomic mass is 10.0. The molecule has 0 aromatic heterocycles. The first kappa shape index (κ1) is 18.3. The number of rotatable bonds is 3. The molecule has 8 heteroatoms. The van der Waals surface area contributed by atoms with Crippen molar-refractivity contribution < 1.29 is 26.7 Å². The Morgan fingerprint density at radius 3 is 2.69 bits per heavy atom. The van der Waals surface area contributed by atoms with E-state index in [0.717, 1.165) is 24.5 Å². The van der Waals surface area contributed by atoms with E-state index in [1.807, 2.05) is 0 Å². The Hall–Kier alpha value is -2.48. The van der Waals surface area contributed by atoms with E-state index in [1.165, 1.54) is 18.2 Å². The summed E-state index contributed by atoms with van der Waals surface area (Å²) in [7, 11) is -3.59. The Kier molecular flexibility index (Phi) is 4.95. The molecule has 1 N–H and O–H groups in total. The number of ether oxygens (including phenoxy) is 1. The summed E-state index contributed by atoms with van der Waals surface area (Å²) in [6, 6.07) is 6.49. The molecule has 1 unspecified atom stereocenters. The average Bonchev–Trinajstić information content (AvgIpc) is 2.76. The first-order chi connectivity index (χ1) is 12.3. The van der Waals surface area contributed by atoms with Crippen molar-refractivity contribution in [3.05, 3.63) is 59.2 Å². The third-order valence-corrected chi connectivity index (χ3v) is 5.27. The van der Waals surface area contributed by atoms with Crippen LogP contribution in [0.4, 0.5) is 8.78 Å². The monoisotopic (exact) mass is 381 g/mol. The van der Waals surface area contributed by atoms with Crippen LogP contribution >= 0.6 is 0 Å². The predicted molar refractivity (Wildman–Crippen MR) is 90.8 cm³/mol. The van der Waals surface area contributed by atoms with E-state index in [1.54, 1.807) is 0 Å². The lowest BCUT2D eigenvalue weighted by molar-refractivity contribution is 0.0930. The smallest absolute Gasteiger partial charge is 0.254 e. The number of hydrogen-bond acceptors (Lipinski definition) is 4. The molecule has 26 heavy (non-hydrogen) atoms. The molecule has 1 aliphatic heterocycles. The van der Waals surface area contributed by atoms with Gasteiger partial charge in [0.25, 0.3) is 5.91 Å². The van der Waals surface area contributed by atoms with Crippen molar-refractivity contribution in [1.29, 1.82) is 0 Å². The van der Waals surface area contributed by atoms with Gasteiger partial charge in [-0.2, -0.15) is 0 Å². The van der Waals surface area contributed by atoms with Crippen molar-refractivity contribution in [2.45, 2.75) is 23.8 Å². The van der Waals surface area contributed by atoms with Crippen LogP contribution in [0.3, 0.4) is 0 Å². The van der Waals surface area contributed by atoms with E-state index >= 15 is 0 Å². The van der Waals surface area contributed by atoms with Gasteiger partial charge < -0.3 is 10.1 Å². The van der Waals surface area contributed by atoms with E-state index < -0.39 is 33.4 Å². The third-order valence-electron chi connectivity index (χ3n) is 4.16. The molecule has 2 aromatic carbocycles. The summed E-state index contributed by atoms with van der Waals surface area (Å²) in [6.45, 7) is 0.420. The molecular formula is C18H17F2NO4S. The van der Waals surface area contributed by atoms with Gasteiger partial charge in [0.2, 0.25) is 0 Å². The first-order valence-corrected chi connectivity index (χ1v) is 9.87. The molecule has 0 saturated heterocycles. The zero-order chi connectivity index (χ0) is 18.9. The number of benzene rings is 2. The summed E-state index contributed by atoms with van der Waals surface area (Å²) >= 11 is 0. The lowest BCUT2D eigenvalue weighted by Gasteiger charge is -2.19. The van der Waals surface area contributed by atoms with Crippen LogP contribution in [0.1, 0.15) is 34.8 Å². The van der Waals surface area contributed by atoms with Gasteiger partial charge >= 0.3 is 0 Å². The molecular weight excluding hydrogens is 364 g/mol. The molecule has 0 bridgehead atoms. The van der Waals surface area contributed by atoms with E-state index in [-0.39, 0.29) is 10.5 Å². The molecule has 1 amide bonds. The van der Waals surface area contributed by atoms with Gasteiger partial charge in [-0.05, 0) is 49.2 Å². The minimum Gasteiger partial charge on any atom is -0.493 e. The molecule has 2 aromatic rings.